The second kappa shape index (κ2) is 5.86. The average Bonchev–Trinajstić information content (AvgIpc) is 2.35. The molecule has 0 unspecified atom stereocenters. The topological polar surface area (TPSA) is 57.0 Å². The highest BCUT2D eigenvalue weighted by atomic mass is 16.2. The summed E-state index contributed by atoms with van der Waals surface area (Å²) in [6.45, 7) is 2.82. The number of hydrogen-bond donors (Lipinski definition) is 0. The SMILES string of the molecule is CCCCN(C)C(=O)c1ccnc(C#N)c1. The van der Waals surface area contributed by atoms with E-state index in [1.807, 2.05) is 6.07 Å². The lowest BCUT2D eigenvalue weighted by molar-refractivity contribution is 0.0793. The van der Waals surface area contributed by atoms with E-state index in [4.69, 9.17) is 5.26 Å². The van der Waals surface area contributed by atoms with Gasteiger partial charge in [-0.1, -0.05) is 13.3 Å². The van der Waals surface area contributed by atoms with E-state index in [-0.39, 0.29) is 11.6 Å². The Kier molecular flexibility index (Phi) is 4.46. The lowest BCUT2D eigenvalue weighted by Crippen LogP contribution is -2.27. The van der Waals surface area contributed by atoms with Crippen molar-refractivity contribution in [2.75, 3.05) is 13.6 Å². The molecule has 0 aliphatic rings. The molecule has 1 heterocycles. The van der Waals surface area contributed by atoms with Crippen molar-refractivity contribution in [3.05, 3.63) is 29.6 Å². The number of amides is 1. The monoisotopic (exact) mass is 217 g/mol. The third-order valence-electron chi connectivity index (χ3n) is 2.32. The van der Waals surface area contributed by atoms with Gasteiger partial charge < -0.3 is 4.90 Å². The maximum absolute atomic E-state index is 11.9. The Morgan fingerprint density at radius 2 is 2.38 bits per heavy atom. The van der Waals surface area contributed by atoms with Crippen molar-refractivity contribution in [3.63, 3.8) is 0 Å². The Hall–Kier alpha value is -1.89. The van der Waals surface area contributed by atoms with Gasteiger partial charge in [0.25, 0.3) is 5.91 Å². The molecule has 0 aliphatic heterocycles. The molecule has 1 rings (SSSR count). The highest BCUT2D eigenvalue weighted by Gasteiger charge is 2.11. The molecular formula is C12H15N3O. The van der Waals surface area contributed by atoms with Gasteiger partial charge in [-0.3, -0.25) is 4.79 Å². The van der Waals surface area contributed by atoms with E-state index in [2.05, 4.69) is 11.9 Å². The lowest BCUT2D eigenvalue weighted by atomic mass is 10.2. The van der Waals surface area contributed by atoms with Crippen LogP contribution in [0.5, 0.6) is 0 Å². The molecule has 4 nitrogen and oxygen atoms in total. The number of carbonyl (C=O) groups excluding carboxylic acids is 1. The molecule has 0 aromatic carbocycles. The van der Waals surface area contributed by atoms with E-state index < -0.39 is 0 Å². The maximum atomic E-state index is 11.9. The molecule has 1 aromatic heterocycles. The van der Waals surface area contributed by atoms with Crippen molar-refractivity contribution in [3.8, 4) is 6.07 Å². The Labute approximate surface area is 95.5 Å². The van der Waals surface area contributed by atoms with E-state index in [9.17, 15) is 4.79 Å². The Balaban J connectivity index is 2.76. The molecule has 16 heavy (non-hydrogen) atoms. The van der Waals surface area contributed by atoms with E-state index >= 15 is 0 Å². The molecule has 84 valence electrons. The summed E-state index contributed by atoms with van der Waals surface area (Å²) in [7, 11) is 1.77. The van der Waals surface area contributed by atoms with E-state index in [0.29, 0.717) is 5.56 Å². The van der Waals surface area contributed by atoms with Gasteiger partial charge in [0.05, 0.1) is 0 Å². The first kappa shape index (κ1) is 12.2. The predicted octanol–water partition coefficient (Wildman–Crippen LogP) is 1.83. The number of hydrogen-bond acceptors (Lipinski definition) is 3. The summed E-state index contributed by atoms with van der Waals surface area (Å²) in [5, 5.41) is 8.69. The third-order valence-corrected chi connectivity index (χ3v) is 2.32. The van der Waals surface area contributed by atoms with Crippen LogP contribution >= 0.6 is 0 Å². The van der Waals surface area contributed by atoms with Crippen LogP contribution in [0.1, 0.15) is 35.8 Å². The number of pyridine rings is 1. The molecule has 1 aromatic rings. The van der Waals surface area contributed by atoms with Gasteiger partial charge in [-0.2, -0.15) is 5.26 Å². The summed E-state index contributed by atoms with van der Waals surface area (Å²) in [5.74, 6) is -0.0626. The molecule has 0 radical (unpaired) electrons. The molecule has 4 heteroatoms. The molecule has 0 N–H and O–H groups in total. The maximum Gasteiger partial charge on any atom is 0.253 e. The highest BCUT2D eigenvalue weighted by molar-refractivity contribution is 5.94. The minimum Gasteiger partial charge on any atom is -0.342 e. The number of unbranched alkanes of at least 4 members (excludes halogenated alkanes) is 1. The number of nitriles is 1. The number of aromatic nitrogens is 1. The first-order chi connectivity index (χ1) is 7.69. The van der Waals surface area contributed by atoms with Crippen LogP contribution in [0.25, 0.3) is 0 Å². The predicted molar refractivity (Wildman–Crippen MR) is 60.8 cm³/mol. The molecule has 0 atom stereocenters. The first-order valence-electron chi connectivity index (χ1n) is 5.30. The standard InChI is InChI=1S/C12H15N3O/c1-3-4-7-15(2)12(16)10-5-6-14-11(8-10)9-13/h5-6,8H,3-4,7H2,1-2H3. The molecule has 0 fully saturated rings. The second-order valence-corrected chi connectivity index (χ2v) is 3.62. The molecule has 0 saturated heterocycles. The van der Waals surface area contributed by atoms with Gasteiger partial charge in [0.15, 0.2) is 0 Å². The van der Waals surface area contributed by atoms with Gasteiger partial charge in [0, 0.05) is 25.4 Å². The van der Waals surface area contributed by atoms with Crippen LogP contribution < -0.4 is 0 Å². The van der Waals surface area contributed by atoms with Crippen LogP contribution in [-0.2, 0) is 0 Å². The van der Waals surface area contributed by atoms with Crippen LogP contribution in [0, 0.1) is 11.3 Å². The minimum absolute atomic E-state index is 0.0626. The highest BCUT2D eigenvalue weighted by Crippen LogP contribution is 2.05. The Morgan fingerprint density at radius 3 is 3.00 bits per heavy atom. The normalized spacial score (nSPS) is 9.56. The summed E-state index contributed by atoms with van der Waals surface area (Å²) in [6, 6.07) is 5.07. The molecule has 0 bridgehead atoms. The van der Waals surface area contributed by atoms with Crippen LogP contribution in [0.3, 0.4) is 0 Å². The zero-order valence-electron chi connectivity index (χ0n) is 9.60. The summed E-state index contributed by atoms with van der Waals surface area (Å²) < 4.78 is 0. The quantitative estimate of drug-likeness (QED) is 0.773. The number of nitrogens with zero attached hydrogens (tertiary/aromatic N) is 3. The first-order valence-corrected chi connectivity index (χ1v) is 5.30. The van der Waals surface area contributed by atoms with Crippen LogP contribution in [0.2, 0.25) is 0 Å². The molecule has 0 saturated carbocycles. The smallest absolute Gasteiger partial charge is 0.253 e. The largest absolute Gasteiger partial charge is 0.342 e. The Morgan fingerprint density at radius 1 is 1.62 bits per heavy atom. The molecular weight excluding hydrogens is 202 g/mol. The van der Waals surface area contributed by atoms with Crippen molar-refractivity contribution >= 4 is 5.91 Å². The van der Waals surface area contributed by atoms with E-state index in [1.54, 1.807) is 18.0 Å². The average molecular weight is 217 g/mol. The van der Waals surface area contributed by atoms with Crippen LogP contribution in [0.4, 0.5) is 0 Å². The van der Waals surface area contributed by atoms with Gasteiger partial charge in [0.2, 0.25) is 0 Å². The van der Waals surface area contributed by atoms with Crippen molar-refractivity contribution in [1.29, 1.82) is 5.26 Å². The van der Waals surface area contributed by atoms with Gasteiger partial charge in [-0.05, 0) is 18.6 Å². The fourth-order valence-corrected chi connectivity index (χ4v) is 1.34. The van der Waals surface area contributed by atoms with Crippen LogP contribution in [-0.4, -0.2) is 29.4 Å². The Bertz CT molecular complexity index is 409. The van der Waals surface area contributed by atoms with Crippen LogP contribution in [0.15, 0.2) is 18.3 Å². The van der Waals surface area contributed by atoms with Gasteiger partial charge >= 0.3 is 0 Å². The van der Waals surface area contributed by atoms with Crippen molar-refractivity contribution in [1.82, 2.24) is 9.88 Å². The van der Waals surface area contributed by atoms with Gasteiger partial charge in [-0.15, -0.1) is 0 Å². The van der Waals surface area contributed by atoms with E-state index in [0.717, 1.165) is 19.4 Å². The zero-order valence-corrected chi connectivity index (χ0v) is 9.60. The molecule has 0 spiro atoms. The van der Waals surface area contributed by atoms with Crippen molar-refractivity contribution in [2.24, 2.45) is 0 Å². The van der Waals surface area contributed by atoms with Crippen molar-refractivity contribution in [2.45, 2.75) is 19.8 Å². The summed E-state index contributed by atoms with van der Waals surface area (Å²) in [6.07, 6.45) is 3.52. The fourth-order valence-electron chi connectivity index (χ4n) is 1.34. The third kappa shape index (κ3) is 3.06. The summed E-state index contributed by atoms with van der Waals surface area (Å²) in [4.78, 5) is 17.4. The molecule has 0 aliphatic carbocycles. The fraction of sp³-hybridized carbons (Fsp3) is 0.417. The van der Waals surface area contributed by atoms with Gasteiger partial charge in [0.1, 0.15) is 11.8 Å². The van der Waals surface area contributed by atoms with E-state index in [1.165, 1.54) is 12.3 Å². The van der Waals surface area contributed by atoms with Crippen molar-refractivity contribution < 1.29 is 4.79 Å². The van der Waals surface area contributed by atoms with Gasteiger partial charge in [-0.25, -0.2) is 4.98 Å². The zero-order chi connectivity index (χ0) is 12.0. The minimum atomic E-state index is -0.0626. The summed E-state index contributed by atoms with van der Waals surface area (Å²) in [5.41, 5.74) is 0.792. The second-order valence-electron chi connectivity index (χ2n) is 3.62. The number of rotatable bonds is 4. The lowest BCUT2D eigenvalue weighted by Gasteiger charge is -2.16. The number of carbonyl (C=O) groups is 1. The summed E-state index contributed by atoms with van der Waals surface area (Å²) >= 11 is 0. The molecule has 1 amide bonds.